The van der Waals surface area contributed by atoms with Crippen LogP contribution in [-0.4, -0.2) is 59.5 Å². The van der Waals surface area contributed by atoms with Gasteiger partial charge in [0.2, 0.25) is 5.91 Å². The van der Waals surface area contributed by atoms with Gasteiger partial charge in [0, 0.05) is 42.1 Å². The smallest absolute Gasteiger partial charge is 0.371 e. The van der Waals surface area contributed by atoms with Crippen molar-refractivity contribution >= 4 is 23.0 Å². The van der Waals surface area contributed by atoms with E-state index in [2.05, 4.69) is 24.1 Å². The second-order valence-electron chi connectivity index (χ2n) is 10.5. The van der Waals surface area contributed by atoms with E-state index in [1.807, 2.05) is 48.5 Å². The van der Waals surface area contributed by atoms with Crippen LogP contribution in [-0.2, 0) is 11.3 Å². The van der Waals surface area contributed by atoms with Gasteiger partial charge in [-0.1, -0.05) is 12.1 Å². The number of piperidine rings is 2. The number of rotatable bonds is 7. The maximum Gasteiger partial charge on any atom is 0.393 e. The maximum atomic E-state index is 13.1. The zero-order chi connectivity index (χ0) is 26.6. The van der Waals surface area contributed by atoms with Gasteiger partial charge in [0.25, 0.3) is 0 Å². The Hall–Kier alpha value is -2.78. The van der Waals surface area contributed by atoms with Crippen LogP contribution in [0, 0.1) is 11.8 Å². The minimum Gasteiger partial charge on any atom is -0.371 e. The SMILES string of the molecule is CC(C)N1CCC(C(=O)N(O)Cc2ccc(Nc3ccc(N4CCCC(C(F)(F)F)C4)cc3)cc2)CC1. The standard InChI is InChI=1S/C28H37F3N4O2/c1-20(2)33-16-13-22(14-17-33)27(36)35(37)18-21-5-7-24(8-6-21)32-25-9-11-26(12-10-25)34-15-3-4-23(19-34)28(29,30)31/h5-12,20,22-23,32,37H,3-4,13-19H2,1-2H3. The van der Waals surface area contributed by atoms with Gasteiger partial charge in [0.05, 0.1) is 12.5 Å². The lowest BCUT2D eigenvalue weighted by molar-refractivity contribution is -0.176. The second kappa shape index (κ2) is 11.7. The number of anilines is 3. The van der Waals surface area contributed by atoms with Gasteiger partial charge in [0.15, 0.2) is 0 Å². The number of nitrogens with zero attached hydrogens (tertiary/aromatic N) is 3. The van der Waals surface area contributed by atoms with E-state index in [-0.39, 0.29) is 31.3 Å². The average molecular weight is 519 g/mol. The summed E-state index contributed by atoms with van der Waals surface area (Å²) in [5.74, 6) is -1.64. The Morgan fingerprint density at radius 1 is 1.00 bits per heavy atom. The van der Waals surface area contributed by atoms with Gasteiger partial charge in [-0.15, -0.1) is 0 Å². The van der Waals surface area contributed by atoms with E-state index < -0.39 is 12.1 Å². The van der Waals surface area contributed by atoms with Crippen LogP contribution >= 0.6 is 0 Å². The molecule has 4 rings (SSSR count). The zero-order valence-corrected chi connectivity index (χ0v) is 21.5. The fourth-order valence-corrected chi connectivity index (χ4v) is 5.22. The number of hydrogen-bond acceptors (Lipinski definition) is 5. The Balaban J connectivity index is 1.27. The average Bonchev–Trinajstić information content (AvgIpc) is 2.89. The molecule has 2 aliphatic heterocycles. The van der Waals surface area contributed by atoms with E-state index in [0.29, 0.717) is 19.0 Å². The van der Waals surface area contributed by atoms with Crippen molar-refractivity contribution in [2.75, 3.05) is 36.4 Å². The highest BCUT2D eigenvalue weighted by molar-refractivity contribution is 5.77. The lowest BCUT2D eigenvalue weighted by atomic mass is 9.95. The summed E-state index contributed by atoms with van der Waals surface area (Å²) >= 11 is 0. The number of amides is 1. The lowest BCUT2D eigenvalue weighted by Gasteiger charge is -2.35. The van der Waals surface area contributed by atoms with Crippen molar-refractivity contribution in [1.82, 2.24) is 9.96 Å². The topological polar surface area (TPSA) is 59.1 Å². The molecule has 1 atom stereocenters. The highest BCUT2D eigenvalue weighted by Gasteiger charge is 2.41. The van der Waals surface area contributed by atoms with Crippen LogP contribution in [0.1, 0.15) is 45.1 Å². The molecular weight excluding hydrogens is 481 g/mol. The summed E-state index contributed by atoms with van der Waals surface area (Å²) in [5.41, 5.74) is 3.27. The zero-order valence-electron chi connectivity index (χ0n) is 21.5. The minimum absolute atomic E-state index is 0.000742. The van der Waals surface area contributed by atoms with E-state index in [4.69, 9.17) is 0 Å². The van der Waals surface area contributed by atoms with Crippen molar-refractivity contribution < 1.29 is 23.2 Å². The van der Waals surface area contributed by atoms with Gasteiger partial charge in [-0.3, -0.25) is 10.0 Å². The highest BCUT2D eigenvalue weighted by Crippen LogP contribution is 2.35. The molecule has 9 heteroatoms. The Kier molecular flexibility index (Phi) is 8.64. The summed E-state index contributed by atoms with van der Waals surface area (Å²) in [6.07, 6.45) is -1.91. The molecule has 37 heavy (non-hydrogen) atoms. The Labute approximate surface area is 217 Å². The Morgan fingerprint density at radius 3 is 2.16 bits per heavy atom. The van der Waals surface area contributed by atoms with Crippen molar-refractivity contribution in [2.45, 2.75) is 58.3 Å². The summed E-state index contributed by atoms with van der Waals surface area (Å²) in [5, 5.41) is 14.5. The van der Waals surface area contributed by atoms with Gasteiger partial charge < -0.3 is 15.1 Å². The maximum absolute atomic E-state index is 13.1. The van der Waals surface area contributed by atoms with Crippen LogP contribution in [0.2, 0.25) is 0 Å². The third-order valence-corrected chi connectivity index (χ3v) is 7.56. The van der Waals surface area contributed by atoms with Gasteiger partial charge in [-0.25, -0.2) is 5.06 Å². The van der Waals surface area contributed by atoms with Gasteiger partial charge >= 0.3 is 6.18 Å². The summed E-state index contributed by atoms with van der Waals surface area (Å²) in [6.45, 7) is 6.80. The molecule has 2 heterocycles. The van der Waals surface area contributed by atoms with Gasteiger partial charge in [0.1, 0.15) is 0 Å². The number of nitrogens with one attached hydrogen (secondary N) is 1. The van der Waals surface area contributed by atoms with Crippen LogP contribution in [0.5, 0.6) is 0 Å². The normalized spacial score (nSPS) is 19.8. The van der Waals surface area contributed by atoms with Gasteiger partial charge in [-0.05, 0) is 94.6 Å². The number of benzene rings is 2. The largest absolute Gasteiger partial charge is 0.393 e. The van der Waals surface area contributed by atoms with E-state index in [9.17, 15) is 23.2 Å². The van der Waals surface area contributed by atoms with E-state index in [1.54, 1.807) is 4.90 Å². The summed E-state index contributed by atoms with van der Waals surface area (Å²) in [6, 6.07) is 15.3. The monoisotopic (exact) mass is 518 g/mol. The number of carbonyl (C=O) groups excluding carboxylic acids is 1. The fraction of sp³-hybridized carbons (Fsp3) is 0.536. The number of halogens is 3. The molecule has 1 unspecified atom stereocenters. The van der Waals surface area contributed by atoms with E-state index in [0.717, 1.165) is 53.6 Å². The van der Waals surface area contributed by atoms with Crippen molar-refractivity contribution in [1.29, 1.82) is 0 Å². The van der Waals surface area contributed by atoms with Crippen molar-refractivity contribution in [3.05, 3.63) is 54.1 Å². The Morgan fingerprint density at radius 2 is 1.59 bits per heavy atom. The molecule has 0 bridgehead atoms. The Bertz CT molecular complexity index is 1020. The first kappa shape index (κ1) is 27.3. The molecule has 0 aliphatic carbocycles. The van der Waals surface area contributed by atoms with Crippen LogP contribution < -0.4 is 10.2 Å². The molecule has 202 valence electrons. The summed E-state index contributed by atoms with van der Waals surface area (Å²) in [7, 11) is 0. The molecule has 2 aromatic rings. The molecule has 2 saturated heterocycles. The van der Waals surface area contributed by atoms with Crippen LogP contribution in [0.25, 0.3) is 0 Å². The number of hydrogen-bond donors (Lipinski definition) is 2. The molecule has 0 aromatic heterocycles. The van der Waals surface area contributed by atoms with Crippen molar-refractivity contribution in [3.8, 4) is 0 Å². The third kappa shape index (κ3) is 7.17. The quantitative estimate of drug-likeness (QED) is 0.345. The van der Waals surface area contributed by atoms with Crippen LogP contribution in [0.4, 0.5) is 30.2 Å². The van der Waals surface area contributed by atoms with E-state index in [1.165, 1.54) is 0 Å². The van der Waals surface area contributed by atoms with E-state index >= 15 is 0 Å². The molecule has 6 nitrogen and oxygen atoms in total. The molecule has 2 N–H and O–H groups in total. The minimum atomic E-state index is -4.15. The van der Waals surface area contributed by atoms with Crippen molar-refractivity contribution in [2.24, 2.45) is 11.8 Å². The number of alkyl halides is 3. The van der Waals surface area contributed by atoms with Crippen molar-refractivity contribution in [3.63, 3.8) is 0 Å². The number of hydroxylamine groups is 2. The first-order chi connectivity index (χ1) is 17.6. The molecule has 2 fully saturated rings. The predicted molar refractivity (Wildman–Crippen MR) is 139 cm³/mol. The number of likely N-dealkylation sites (tertiary alicyclic amines) is 1. The molecule has 1 amide bonds. The first-order valence-electron chi connectivity index (χ1n) is 13.1. The summed E-state index contributed by atoms with van der Waals surface area (Å²) in [4.78, 5) is 16.8. The fourth-order valence-electron chi connectivity index (χ4n) is 5.22. The molecule has 0 spiro atoms. The first-order valence-corrected chi connectivity index (χ1v) is 13.1. The molecular formula is C28H37F3N4O2. The van der Waals surface area contributed by atoms with Crippen LogP contribution in [0.15, 0.2) is 48.5 Å². The third-order valence-electron chi connectivity index (χ3n) is 7.56. The highest BCUT2D eigenvalue weighted by atomic mass is 19.4. The summed E-state index contributed by atoms with van der Waals surface area (Å²) < 4.78 is 39.4. The second-order valence-corrected chi connectivity index (χ2v) is 10.5. The molecule has 0 saturated carbocycles. The number of carbonyl (C=O) groups is 1. The molecule has 2 aromatic carbocycles. The van der Waals surface area contributed by atoms with Crippen LogP contribution in [0.3, 0.4) is 0 Å². The lowest BCUT2D eigenvalue weighted by Crippen LogP contribution is -2.43. The molecule has 2 aliphatic rings. The molecule has 0 radical (unpaired) electrons. The predicted octanol–water partition coefficient (Wildman–Crippen LogP) is 6.05. The van der Waals surface area contributed by atoms with Gasteiger partial charge in [-0.2, -0.15) is 13.2 Å².